The van der Waals surface area contributed by atoms with E-state index >= 15 is 0 Å². The standard InChI is InChI=1S/C6H7F3O2S2/c7-6(8,9)5(3-4(10)11)12-1-2-13-5/h1-3H2,(H,10,11). The summed E-state index contributed by atoms with van der Waals surface area (Å²) < 4.78 is 35.3. The van der Waals surface area contributed by atoms with E-state index in [1.54, 1.807) is 0 Å². The molecule has 0 saturated carbocycles. The van der Waals surface area contributed by atoms with Crippen LogP contribution in [-0.2, 0) is 4.79 Å². The zero-order valence-corrected chi connectivity index (χ0v) is 8.06. The number of carboxylic acids is 1. The Balaban J connectivity index is 2.81. The Kier molecular flexibility index (Phi) is 3.06. The van der Waals surface area contributed by atoms with Crippen LogP contribution >= 0.6 is 23.5 Å². The smallest absolute Gasteiger partial charge is 0.412 e. The number of thioether (sulfide) groups is 2. The molecule has 0 amide bonds. The lowest BCUT2D eigenvalue weighted by Crippen LogP contribution is -2.39. The van der Waals surface area contributed by atoms with Crippen LogP contribution in [0, 0.1) is 0 Å². The van der Waals surface area contributed by atoms with Crippen LogP contribution in [-0.4, -0.2) is 32.8 Å². The van der Waals surface area contributed by atoms with E-state index in [0.717, 1.165) is 0 Å². The molecule has 1 fully saturated rings. The highest BCUT2D eigenvalue weighted by Gasteiger charge is 2.58. The molecule has 0 aliphatic carbocycles. The molecule has 0 aromatic heterocycles. The first-order chi connectivity index (χ1) is 5.87. The predicted octanol–water partition coefficient (Wildman–Crippen LogP) is 2.20. The van der Waals surface area contributed by atoms with Gasteiger partial charge in [0, 0.05) is 11.5 Å². The van der Waals surface area contributed by atoms with Gasteiger partial charge in [0.25, 0.3) is 0 Å². The lowest BCUT2D eigenvalue weighted by atomic mass is 10.3. The van der Waals surface area contributed by atoms with Crippen molar-refractivity contribution in [2.45, 2.75) is 16.7 Å². The first-order valence-corrected chi connectivity index (χ1v) is 5.41. The van der Waals surface area contributed by atoms with Crippen LogP contribution in [0.3, 0.4) is 0 Å². The van der Waals surface area contributed by atoms with Crippen molar-refractivity contribution in [3.8, 4) is 0 Å². The average molecular weight is 232 g/mol. The van der Waals surface area contributed by atoms with Crippen molar-refractivity contribution in [1.82, 2.24) is 0 Å². The maximum atomic E-state index is 12.5. The number of hydrogen-bond acceptors (Lipinski definition) is 3. The summed E-state index contributed by atoms with van der Waals surface area (Å²) in [6.07, 6.45) is -5.30. The van der Waals surface area contributed by atoms with Crippen LogP contribution in [0.4, 0.5) is 13.2 Å². The van der Waals surface area contributed by atoms with Gasteiger partial charge in [-0.2, -0.15) is 13.2 Å². The topological polar surface area (TPSA) is 37.3 Å². The van der Waals surface area contributed by atoms with E-state index in [9.17, 15) is 18.0 Å². The highest BCUT2D eigenvalue weighted by molar-refractivity contribution is 8.21. The predicted molar refractivity (Wildman–Crippen MR) is 46.0 cm³/mol. The highest BCUT2D eigenvalue weighted by atomic mass is 32.2. The Hall–Kier alpha value is -0.0400. The van der Waals surface area contributed by atoms with Crippen molar-refractivity contribution >= 4 is 29.5 Å². The number of carbonyl (C=O) groups is 1. The molecule has 13 heavy (non-hydrogen) atoms. The summed E-state index contributed by atoms with van der Waals surface area (Å²) >= 11 is 1.36. The quantitative estimate of drug-likeness (QED) is 0.792. The SMILES string of the molecule is O=C(O)CC1(C(F)(F)F)SCCS1. The molecule has 76 valence electrons. The number of carboxylic acid groups (broad SMARTS) is 1. The third-order valence-electron chi connectivity index (χ3n) is 1.57. The molecule has 0 aromatic rings. The van der Waals surface area contributed by atoms with E-state index in [1.807, 2.05) is 0 Å². The number of alkyl halides is 3. The number of halogens is 3. The largest absolute Gasteiger partial charge is 0.481 e. The molecule has 0 unspecified atom stereocenters. The molecule has 0 bridgehead atoms. The minimum atomic E-state index is -4.45. The van der Waals surface area contributed by atoms with Crippen molar-refractivity contribution in [2.24, 2.45) is 0 Å². The zero-order chi connectivity index (χ0) is 10.1. The van der Waals surface area contributed by atoms with Crippen LogP contribution in [0.25, 0.3) is 0 Å². The Bertz CT molecular complexity index is 210. The fourth-order valence-corrected chi connectivity index (χ4v) is 3.96. The van der Waals surface area contributed by atoms with Crippen molar-refractivity contribution in [3.63, 3.8) is 0 Å². The van der Waals surface area contributed by atoms with E-state index in [1.165, 1.54) is 0 Å². The van der Waals surface area contributed by atoms with Gasteiger partial charge in [-0.3, -0.25) is 4.79 Å². The lowest BCUT2D eigenvalue weighted by molar-refractivity contribution is -0.154. The van der Waals surface area contributed by atoms with Gasteiger partial charge >= 0.3 is 12.1 Å². The molecule has 1 aliphatic rings. The zero-order valence-electron chi connectivity index (χ0n) is 6.43. The molecule has 1 saturated heterocycles. The van der Waals surface area contributed by atoms with Crippen molar-refractivity contribution in [1.29, 1.82) is 0 Å². The summed E-state index contributed by atoms with van der Waals surface area (Å²) in [6, 6.07) is 0. The summed E-state index contributed by atoms with van der Waals surface area (Å²) in [7, 11) is 0. The molecule has 0 radical (unpaired) electrons. The molecule has 0 aromatic carbocycles. The molecule has 7 heteroatoms. The van der Waals surface area contributed by atoms with Crippen LogP contribution in [0.1, 0.15) is 6.42 Å². The van der Waals surface area contributed by atoms with E-state index in [-0.39, 0.29) is 0 Å². The monoisotopic (exact) mass is 232 g/mol. The third-order valence-corrected chi connectivity index (χ3v) is 5.04. The summed E-state index contributed by atoms with van der Waals surface area (Å²) in [5.41, 5.74) is 0. The fraction of sp³-hybridized carbons (Fsp3) is 0.833. The molecule has 2 nitrogen and oxygen atoms in total. The Morgan fingerprint density at radius 1 is 1.38 bits per heavy atom. The van der Waals surface area contributed by atoms with Gasteiger partial charge in [-0.25, -0.2) is 0 Å². The average Bonchev–Trinajstić information content (AvgIpc) is 2.33. The van der Waals surface area contributed by atoms with Gasteiger partial charge in [-0.05, 0) is 0 Å². The summed E-state index contributed by atoms with van der Waals surface area (Å²) in [6.45, 7) is 0. The van der Waals surface area contributed by atoms with E-state index in [4.69, 9.17) is 5.11 Å². The number of hydrogen-bond donors (Lipinski definition) is 1. The molecular formula is C6H7F3O2S2. The Labute approximate surface area is 81.3 Å². The maximum Gasteiger partial charge on any atom is 0.412 e. The Morgan fingerprint density at radius 3 is 2.15 bits per heavy atom. The second-order valence-electron chi connectivity index (χ2n) is 2.52. The molecular weight excluding hydrogens is 225 g/mol. The van der Waals surface area contributed by atoms with Crippen LogP contribution in [0.15, 0.2) is 0 Å². The van der Waals surface area contributed by atoms with Gasteiger partial charge in [0.05, 0.1) is 6.42 Å². The first-order valence-electron chi connectivity index (χ1n) is 3.44. The minimum Gasteiger partial charge on any atom is -0.481 e. The van der Waals surface area contributed by atoms with Gasteiger partial charge in [0.15, 0.2) is 4.08 Å². The maximum absolute atomic E-state index is 12.5. The molecule has 0 atom stereocenters. The van der Waals surface area contributed by atoms with Crippen molar-refractivity contribution in [2.75, 3.05) is 11.5 Å². The normalized spacial score (nSPS) is 21.8. The summed E-state index contributed by atoms with van der Waals surface area (Å²) in [4.78, 5) is 10.3. The van der Waals surface area contributed by atoms with Crippen LogP contribution in [0.2, 0.25) is 0 Å². The van der Waals surface area contributed by atoms with Gasteiger partial charge in [-0.15, -0.1) is 23.5 Å². The number of rotatable bonds is 2. The first kappa shape index (κ1) is 11.0. The molecule has 1 rings (SSSR count). The minimum absolute atomic E-state index is 0.359. The van der Waals surface area contributed by atoms with E-state index in [2.05, 4.69) is 0 Å². The molecule has 0 spiro atoms. The third kappa shape index (κ3) is 2.25. The van der Waals surface area contributed by atoms with Gasteiger partial charge in [-0.1, -0.05) is 0 Å². The van der Waals surface area contributed by atoms with E-state index < -0.39 is 22.6 Å². The highest BCUT2D eigenvalue weighted by Crippen LogP contribution is 2.56. The fourth-order valence-electron chi connectivity index (χ4n) is 1.02. The molecule has 1 heterocycles. The molecule has 1 aliphatic heterocycles. The molecule has 1 N–H and O–H groups in total. The lowest BCUT2D eigenvalue weighted by Gasteiger charge is -2.27. The van der Waals surface area contributed by atoms with Crippen molar-refractivity contribution in [3.05, 3.63) is 0 Å². The second-order valence-corrected chi connectivity index (χ2v) is 5.56. The van der Waals surface area contributed by atoms with Gasteiger partial charge < -0.3 is 5.11 Å². The summed E-state index contributed by atoms with van der Waals surface area (Å²) in [5, 5.41) is 8.38. The van der Waals surface area contributed by atoms with E-state index in [0.29, 0.717) is 35.0 Å². The Morgan fingerprint density at radius 2 is 1.85 bits per heavy atom. The number of aliphatic carboxylic acids is 1. The second kappa shape index (κ2) is 3.61. The summed E-state index contributed by atoms with van der Waals surface area (Å²) in [5.74, 6) is -0.686. The van der Waals surface area contributed by atoms with Crippen LogP contribution in [0.5, 0.6) is 0 Å². The van der Waals surface area contributed by atoms with Crippen LogP contribution < -0.4 is 0 Å². The van der Waals surface area contributed by atoms with Crippen molar-refractivity contribution < 1.29 is 23.1 Å². The van der Waals surface area contributed by atoms with Gasteiger partial charge in [0.1, 0.15) is 0 Å². The van der Waals surface area contributed by atoms with Gasteiger partial charge in [0.2, 0.25) is 0 Å².